The maximum atomic E-state index is 5.74. The molecule has 0 radical (unpaired) electrons. The minimum Gasteiger partial charge on any atom is -0.497 e. The molecule has 0 saturated carbocycles. The van der Waals surface area contributed by atoms with Crippen LogP contribution < -0.4 is 9.47 Å². The normalized spacial score (nSPS) is 15.0. The number of methoxy groups -OCH3 is 2. The van der Waals surface area contributed by atoms with Gasteiger partial charge in [-0.05, 0) is 23.8 Å². The second-order valence-corrected chi connectivity index (χ2v) is 6.51. The first-order chi connectivity index (χ1) is 12.2. The molecule has 1 heterocycles. The van der Waals surface area contributed by atoms with E-state index in [1.54, 1.807) is 14.2 Å². The van der Waals surface area contributed by atoms with Crippen LogP contribution in [0.5, 0.6) is 11.5 Å². The highest BCUT2D eigenvalue weighted by Crippen LogP contribution is 2.26. The van der Waals surface area contributed by atoms with Crippen molar-refractivity contribution in [3.63, 3.8) is 0 Å². The fraction of sp³-hybridized carbons (Fsp3) is 0.350. The van der Waals surface area contributed by atoms with Crippen LogP contribution in [0.2, 0.25) is 0 Å². The van der Waals surface area contributed by atoms with Crippen molar-refractivity contribution in [3.8, 4) is 11.5 Å². The molecule has 25 heavy (non-hydrogen) atoms. The van der Waals surface area contributed by atoms with E-state index in [2.05, 4.69) is 40.1 Å². The first-order valence-corrected chi connectivity index (χ1v) is 8.89. The zero-order valence-corrected chi connectivity index (χ0v) is 15.6. The molecule has 1 saturated heterocycles. The van der Waals surface area contributed by atoms with Crippen LogP contribution in [0, 0.1) is 0 Å². The van der Waals surface area contributed by atoms with Gasteiger partial charge in [0.1, 0.15) is 16.5 Å². The molecular weight excluding hydrogens is 332 g/mol. The molecular formula is C20H24N2O2S. The summed E-state index contributed by atoms with van der Waals surface area (Å²) >= 11 is 5.74. The third-order valence-electron chi connectivity index (χ3n) is 4.55. The minimum atomic E-state index is 0.789. The van der Waals surface area contributed by atoms with Crippen molar-refractivity contribution in [2.24, 2.45) is 0 Å². The van der Waals surface area contributed by atoms with E-state index in [0.717, 1.165) is 54.8 Å². The lowest BCUT2D eigenvalue weighted by atomic mass is 10.1. The number of thiocarbonyl (C=S) groups is 1. The summed E-state index contributed by atoms with van der Waals surface area (Å²) in [5.74, 6) is 1.58. The molecule has 2 aromatic rings. The van der Waals surface area contributed by atoms with Crippen molar-refractivity contribution in [2.45, 2.75) is 6.54 Å². The minimum absolute atomic E-state index is 0.789. The highest BCUT2D eigenvalue weighted by molar-refractivity contribution is 7.80. The first kappa shape index (κ1) is 17.7. The lowest BCUT2D eigenvalue weighted by Crippen LogP contribution is -2.48. The number of rotatable bonds is 5. The number of piperazine rings is 1. The molecule has 0 spiro atoms. The molecule has 0 amide bonds. The molecule has 0 bridgehead atoms. The lowest BCUT2D eigenvalue weighted by Gasteiger charge is -2.36. The summed E-state index contributed by atoms with van der Waals surface area (Å²) in [5.41, 5.74) is 2.28. The molecule has 1 fully saturated rings. The predicted molar refractivity (Wildman–Crippen MR) is 105 cm³/mol. The Hall–Kier alpha value is -2.11. The summed E-state index contributed by atoms with van der Waals surface area (Å²) in [6.07, 6.45) is 0. The third-order valence-corrected chi connectivity index (χ3v) is 5.02. The van der Waals surface area contributed by atoms with Crippen LogP contribution in [0.15, 0.2) is 48.5 Å². The van der Waals surface area contributed by atoms with Gasteiger partial charge in [0.15, 0.2) is 0 Å². The Morgan fingerprint density at radius 2 is 1.68 bits per heavy atom. The third kappa shape index (κ3) is 4.30. The Balaban J connectivity index is 1.63. The van der Waals surface area contributed by atoms with Crippen LogP contribution in [0.1, 0.15) is 11.1 Å². The monoisotopic (exact) mass is 356 g/mol. The molecule has 3 rings (SSSR count). The summed E-state index contributed by atoms with van der Waals surface area (Å²) in [4.78, 5) is 5.56. The van der Waals surface area contributed by atoms with E-state index in [-0.39, 0.29) is 0 Å². The Morgan fingerprint density at radius 1 is 0.960 bits per heavy atom. The van der Waals surface area contributed by atoms with Crippen LogP contribution in [-0.2, 0) is 6.54 Å². The van der Waals surface area contributed by atoms with Gasteiger partial charge in [-0.15, -0.1) is 0 Å². The number of hydrogen-bond donors (Lipinski definition) is 0. The van der Waals surface area contributed by atoms with Gasteiger partial charge in [0.05, 0.1) is 19.8 Å². The molecule has 0 N–H and O–H groups in total. The van der Waals surface area contributed by atoms with Crippen molar-refractivity contribution in [3.05, 3.63) is 59.7 Å². The average Bonchev–Trinajstić information content (AvgIpc) is 2.68. The van der Waals surface area contributed by atoms with Crippen molar-refractivity contribution in [2.75, 3.05) is 40.4 Å². The van der Waals surface area contributed by atoms with E-state index in [1.807, 2.05) is 18.2 Å². The molecule has 1 aliphatic heterocycles. The molecule has 0 aromatic heterocycles. The Bertz CT molecular complexity index is 713. The molecule has 4 nitrogen and oxygen atoms in total. The Morgan fingerprint density at radius 3 is 2.32 bits per heavy atom. The van der Waals surface area contributed by atoms with E-state index in [0.29, 0.717) is 0 Å². The highest BCUT2D eigenvalue weighted by Gasteiger charge is 2.22. The van der Waals surface area contributed by atoms with E-state index in [9.17, 15) is 0 Å². The van der Waals surface area contributed by atoms with Gasteiger partial charge in [-0.25, -0.2) is 0 Å². The quantitative estimate of drug-likeness (QED) is 0.766. The smallest absolute Gasteiger partial charge is 0.129 e. The number of nitrogens with zero attached hydrogens (tertiary/aromatic N) is 2. The zero-order valence-electron chi connectivity index (χ0n) is 14.8. The maximum Gasteiger partial charge on any atom is 0.129 e. The van der Waals surface area contributed by atoms with Gasteiger partial charge in [-0.2, -0.15) is 0 Å². The Kier molecular flexibility index (Phi) is 5.89. The van der Waals surface area contributed by atoms with Crippen LogP contribution in [0.25, 0.3) is 0 Å². The fourth-order valence-electron chi connectivity index (χ4n) is 3.10. The fourth-order valence-corrected chi connectivity index (χ4v) is 3.44. The van der Waals surface area contributed by atoms with Crippen LogP contribution in [0.4, 0.5) is 0 Å². The molecule has 0 atom stereocenters. The van der Waals surface area contributed by atoms with E-state index >= 15 is 0 Å². The van der Waals surface area contributed by atoms with Crippen LogP contribution in [-0.4, -0.2) is 55.2 Å². The van der Waals surface area contributed by atoms with E-state index < -0.39 is 0 Å². The van der Waals surface area contributed by atoms with Gasteiger partial charge < -0.3 is 14.4 Å². The molecule has 2 aromatic carbocycles. The summed E-state index contributed by atoms with van der Waals surface area (Å²) in [6, 6.07) is 16.4. The van der Waals surface area contributed by atoms with Crippen LogP contribution >= 0.6 is 12.2 Å². The van der Waals surface area contributed by atoms with Gasteiger partial charge in [0.2, 0.25) is 0 Å². The van der Waals surface area contributed by atoms with Gasteiger partial charge >= 0.3 is 0 Å². The van der Waals surface area contributed by atoms with Crippen molar-refractivity contribution >= 4 is 17.2 Å². The van der Waals surface area contributed by atoms with Crippen LogP contribution in [0.3, 0.4) is 0 Å². The maximum absolute atomic E-state index is 5.74. The summed E-state index contributed by atoms with van der Waals surface area (Å²) < 4.78 is 10.8. The predicted octanol–water partition coefficient (Wildman–Crippen LogP) is 3.20. The van der Waals surface area contributed by atoms with E-state index in [1.165, 1.54) is 5.56 Å². The van der Waals surface area contributed by atoms with E-state index in [4.69, 9.17) is 21.7 Å². The molecule has 5 heteroatoms. The standard InChI is InChI=1S/C20H24N2O2S/c1-23-17-8-9-19(24-2)18(14-17)20(25)22-12-10-21(11-13-22)15-16-6-4-3-5-7-16/h3-9,14H,10-13,15H2,1-2H3. The zero-order chi connectivity index (χ0) is 17.6. The SMILES string of the molecule is COc1ccc(OC)c(C(=S)N2CCN(Cc3ccccc3)CC2)c1. The number of hydrogen-bond acceptors (Lipinski definition) is 4. The first-order valence-electron chi connectivity index (χ1n) is 8.49. The van der Waals surface area contributed by atoms with Gasteiger partial charge in [-0.3, -0.25) is 4.90 Å². The van der Waals surface area contributed by atoms with Gasteiger partial charge in [-0.1, -0.05) is 42.5 Å². The largest absolute Gasteiger partial charge is 0.497 e. The van der Waals surface area contributed by atoms with Gasteiger partial charge in [0.25, 0.3) is 0 Å². The molecule has 132 valence electrons. The number of benzene rings is 2. The van der Waals surface area contributed by atoms with Crippen molar-refractivity contribution in [1.29, 1.82) is 0 Å². The Labute approximate surface area is 155 Å². The topological polar surface area (TPSA) is 24.9 Å². The average molecular weight is 356 g/mol. The summed E-state index contributed by atoms with van der Waals surface area (Å²) in [5, 5.41) is 0. The summed E-state index contributed by atoms with van der Waals surface area (Å²) in [6.45, 7) is 4.84. The second kappa shape index (κ2) is 8.32. The highest BCUT2D eigenvalue weighted by atomic mass is 32.1. The molecule has 0 unspecified atom stereocenters. The van der Waals surface area contributed by atoms with Gasteiger partial charge in [0, 0.05) is 32.7 Å². The van der Waals surface area contributed by atoms with Crippen molar-refractivity contribution in [1.82, 2.24) is 9.80 Å². The molecule has 0 aliphatic carbocycles. The second-order valence-electron chi connectivity index (χ2n) is 6.12. The van der Waals surface area contributed by atoms with Crippen molar-refractivity contribution < 1.29 is 9.47 Å². The summed E-state index contributed by atoms with van der Waals surface area (Å²) in [7, 11) is 3.34. The number of ether oxygens (including phenoxy) is 2. The molecule has 1 aliphatic rings. The lowest BCUT2D eigenvalue weighted by molar-refractivity contribution is 0.177.